The van der Waals surface area contributed by atoms with Crippen LogP contribution in [0.3, 0.4) is 0 Å². The molecular formula is C19H26N2O7. The lowest BCUT2D eigenvalue weighted by atomic mass is 9.85. The van der Waals surface area contributed by atoms with E-state index in [0.29, 0.717) is 12.0 Å². The van der Waals surface area contributed by atoms with Crippen LogP contribution in [0.5, 0.6) is 17.2 Å². The number of primary amides is 1. The Kier molecular flexibility index (Phi) is 7.48. The maximum absolute atomic E-state index is 12.7. The summed E-state index contributed by atoms with van der Waals surface area (Å²) in [5, 5.41) is 2.94. The Hall–Kier alpha value is -2.97. The third-order valence-electron chi connectivity index (χ3n) is 4.63. The predicted molar refractivity (Wildman–Crippen MR) is 99.5 cm³/mol. The number of methoxy groups -OCH3 is 3. The van der Waals surface area contributed by atoms with Crippen molar-refractivity contribution >= 4 is 17.8 Å². The van der Waals surface area contributed by atoms with E-state index in [9.17, 15) is 14.4 Å². The summed E-state index contributed by atoms with van der Waals surface area (Å²) in [5.41, 5.74) is 5.41. The molecule has 154 valence electrons. The van der Waals surface area contributed by atoms with E-state index in [-0.39, 0.29) is 47.7 Å². The molecule has 0 saturated heterocycles. The van der Waals surface area contributed by atoms with Gasteiger partial charge in [-0.2, -0.15) is 0 Å². The minimum atomic E-state index is -0.650. The van der Waals surface area contributed by atoms with Crippen LogP contribution in [-0.2, 0) is 14.3 Å². The van der Waals surface area contributed by atoms with E-state index >= 15 is 0 Å². The zero-order valence-corrected chi connectivity index (χ0v) is 16.3. The Morgan fingerprint density at radius 2 is 1.75 bits per heavy atom. The van der Waals surface area contributed by atoms with E-state index in [2.05, 4.69) is 5.32 Å². The molecule has 2 amide bonds. The van der Waals surface area contributed by atoms with E-state index < -0.39 is 5.91 Å². The minimum Gasteiger partial charge on any atom is -0.493 e. The molecule has 0 aliphatic heterocycles. The number of carbonyl (C=O) groups is 3. The number of rotatable bonds is 8. The second-order valence-corrected chi connectivity index (χ2v) is 6.52. The highest BCUT2D eigenvalue weighted by Gasteiger charge is 2.29. The Bertz CT molecular complexity index is 710. The molecular weight excluding hydrogens is 368 g/mol. The number of ether oxygens (including phenoxy) is 4. The number of esters is 1. The summed E-state index contributed by atoms with van der Waals surface area (Å²) < 4.78 is 20.7. The molecule has 1 aliphatic carbocycles. The highest BCUT2D eigenvalue weighted by molar-refractivity contribution is 5.96. The molecule has 0 unspecified atom stereocenters. The quantitative estimate of drug-likeness (QED) is 0.631. The molecule has 0 radical (unpaired) electrons. The molecule has 2 rings (SSSR count). The lowest BCUT2D eigenvalue weighted by molar-refractivity contribution is -0.146. The van der Waals surface area contributed by atoms with Gasteiger partial charge in [0.2, 0.25) is 5.75 Å². The predicted octanol–water partition coefficient (Wildman–Crippen LogP) is 1.03. The van der Waals surface area contributed by atoms with Crippen molar-refractivity contribution in [1.82, 2.24) is 5.32 Å². The first-order chi connectivity index (χ1) is 13.4. The van der Waals surface area contributed by atoms with Gasteiger partial charge in [-0.3, -0.25) is 14.4 Å². The summed E-state index contributed by atoms with van der Waals surface area (Å²) >= 11 is 0. The molecule has 0 heterocycles. The molecule has 28 heavy (non-hydrogen) atoms. The third kappa shape index (κ3) is 5.28. The monoisotopic (exact) mass is 394 g/mol. The first-order valence-corrected chi connectivity index (χ1v) is 8.95. The van der Waals surface area contributed by atoms with Crippen LogP contribution in [0.4, 0.5) is 0 Å². The van der Waals surface area contributed by atoms with Crippen molar-refractivity contribution < 1.29 is 33.3 Å². The van der Waals surface area contributed by atoms with Gasteiger partial charge in [-0.1, -0.05) is 6.42 Å². The van der Waals surface area contributed by atoms with Crippen LogP contribution in [0.1, 0.15) is 36.0 Å². The smallest absolute Gasteiger partial charge is 0.308 e. The third-order valence-corrected chi connectivity index (χ3v) is 4.63. The SMILES string of the molecule is COC(=O)[C@@H]1CCC[C@@H](NC(=O)c2cc(OC)c(OCC(N)=O)c(OC)c2)C1. The lowest BCUT2D eigenvalue weighted by Crippen LogP contribution is -2.40. The molecule has 1 aliphatic rings. The second-order valence-electron chi connectivity index (χ2n) is 6.52. The van der Waals surface area contributed by atoms with E-state index in [1.165, 1.54) is 33.5 Å². The van der Waals surface area contributed by atoms with Crippen LogP contribution in [0, 0.1) is 5.92 Å². The van der Waals surface area contributed by atoms with Gasteiger partial charge < -0.3 is 30.0 Å². The zero-order valence-electron chi connectivity index (χ0n) is 16.3. The summed E-state index contributed by atoms with van der Waals surface area (Å²) in [6.45, 7) is -0.352. The molecule has 2 atom stereocenters. The molecule has 1 aromatic rings. The fourth-order valence-corrected chi connectivity index (χ4v) is 3.27. The maximum atomic E-state index is 12.7. The normalized spacial score (nSPS) is 18.7. The molecule has 0 spiro atoms. The first-order valence-electron chi connectivity index (χ1n) is 8.95. The highest BCUT2D eigenvalue weighted by atomic mass is 16.5. The molecule has 1 saturated carbocycles. The molecule has 0 aromatic heterocycles. The van der Waals surface area contributed by atoms with Crippen LogP contribution >= 0.6 is 0 Å². The highest BCUT2D eigenvalue weighted by Crippen LogP contribution is 2.38. The van der Waals surface area contributed by atoms with Gasteiger partial charge in [-0.25, -0.2) is 0 Å². The fourth-order valence-electron chi connectivity index (χ4n) is 3.27. The van der Waals surface area contributed by atoms with Gasteiger partial charge in [0.25, 0.3) is 11.8 Å². The van der Waals surface area contributed by atoms with Gasteiger partial charge in [0, 0.05) is 11.6 Å². The topological polar surface area (TPSA) is 126 Å². The fraction of sp³-hybridized carbons (Fsp3) is 0.526. The summed E-state index contributed by atoms with van der Waals surface area (Å²) in [6, 6.07) is 2.86. The molecule has 1 aromatic carbocycles. The Labute approximate surface area is 163 Å². The Morgan fingerprint density at radius 3 is 2.29 bits per heavy atom. The summed E-state index contributed by atoms with van der Waals surface area (Å²) in [6.07, 6.45) is 2.91. The van der Waals surface area contributed by atoms with Crippen LogP contribution in [0.15, 0.2) is 12.1 Å². The van der Waals surface area contributed by atoms with Crippen LogP contribution in [0.25, 0.3) is 0 Å². The average molecular weight is 394 g/mol. The summed E-state index contributed by atoms with van der Waals surface area (Å²) in [4.78, 5) is 35.5. The second kappa shape index (κ2) is 9.82. The van der Waals surface area contributed by atoms with Gasteiger partial charge in [-0.05, 0) is 31.4 Å². The standard InChI is InChI=1S/C19H26N2O7/c1-25-14-8-12(9-15(26-2)17(14)28-10-16(20)22)18(23)21-13-6-4-5-11(7-13)19(24)27-3/h8-9,11,13H,4-7,10H2,1-3H3,(H2,20,22)(H,21,23)/t11-,13-/m1/s1. The van der Waals surface area contributed by atoms with E-state index in [1.54, 1.807) is 0 Å². The number of amides is 2. The Balaban J connectivity index is 2.16. The van der Waals surface area contributed by atoms with Crippen molar-refractivity contribution in [3.8, 4) is 17.2 Å². The first kappa shape index (κ1) is 21.3. The Morgan fingerprint density at radius 1 is 1.11 bits per heavy atom. The summed E-state index contributed by atoms with van der Waals surface area (Å²) in [5.74, 6) is -0.777. The number of nitrogens with two attached hydrogens (primary N) is 1. The van der Waals surface area contributed by atoms with Crippen LogP contribution < -0.4 is 25.3 Å². The van der Waals surface area contributed by atoms with Crippen molar-refractivity contribution in [2.24, 2.45) is 11.7 Å². The van der Waals surface area contributed by atoms with Gasteiger partial charge in [0.15, 0.2) is 18.1 Å². The van der Waals surface area contributed by atoms with E-state index in [1.807, 2.05) is 0 Å². The van der Waals surface area contributed by atoms with Crippen LogP contribution in [-0.4, -0.2) is 51.8 Å². The average Bonchev–Trinajstić information content (AvgIpc) is 2.70. The van der Waals surface area contributed by atoms with E-state index in [0.717, 1.165) is 19.3 Å². The molecule has 0 bridgehead atoms. The van der Waals surface area contributed by atoms with E-state index in [4.69, 9.17) is 24.7 Å². The number of hydrogen-bond donors (Lipinski definition) is 2. The summed E-state index contributed by atoms with van der Waals surface area (Å²) in [7, 11) is 4.19. The van der Waals surface area contributed by atoms with Crippen molar-refractivity contribution in [3.63, 3.8) is 0 Å². The number of carbonyl (C=O) groups excluding carboxylic acids is 3. The molecule has 1 fully saturated rings. The van der Waals surface area contributed by atoms with Gasteiger partial charge in [-0.15, -0.1) is 0 Å². The largest absolute Gasteiger partial charge is 0.493 e. The number of hydrogen-bond acceptors (Lipinski definition) is 7. The molecule has 9 heteroatoms. The van der Waals surface area contributed by atoms with Crippen molar-refractivity contribution in [1.29, 1.82) is 0 Å². The molecule has 9 nitrogen and oxygen atoms in total. The van der Waals surface area contributed by atoms with Gasteiger partial charge >= 0.3 is 5.97 Å². The molecule has 3 N–H and O–H groups in total. The zero-order chi connectivity index (χ0) is 20.7. The number of nitrogens with one attached hydrogen (secondary N) is 1. The van der Waals surface area contributed by atoms with Crippen molar-refractivity contribution in [2.45, 2.75) is 31.7 Å². The number of benzene rings is 1. The van der Waals surface area contributed by atoms with Crippen molar-refractivity contribution in [2.75, 3.05) is 27.9 Å². The lowest BCUT2D eigenvalue weighted by Gasteiger charge is -2.28. The van der Waals surface area contributed by atoms with Gasteiger partial charge in [0.1, 0.15) is 0 Å². The van der Waals surface area contributed by atoms with Gasteiger partial charge in [0.05, 0.1) is 27.2 Å². The van der Waals surface area contributed by atoms with Crippen LogP contribution in [0.2, 0.25) is 0 Å². The maximum Gasteiger partial charge on any atom is 0.308 e. The minimum absolute atomic E-state index is 0.131. The van der Waals surface area contributed by atoms with Crippen molar-refractivity contribution in [3.05, 3.63) is 17.7 Å².